The molecular weight excluding hydrogens is 136 g/mol. The van der Waals surface area contributed by atoms with Gasteiger partial charge in [-0.1, -0.05) is 18.5 Å². The zero-order valence-electron chi connectivity index (χ0n) is 7.20. The molecule has 0 spiro atoms. The van der Waals surface area contributed by atoms with Crippen LogP contribution in [0.15, 0.2) is 17.3 Å². The minimum atomic E-state index is 0.389. The second-order valence-electron chi connectivity index (χ2n) is 3.29. The van der Waals surface area contributed by atoms with E-state index >= 15 is 0 Å². The number of allylic oxidation sites excluding steroid dienone is 1. The summed E-state index contributed by atoms with van der Waals surface area (Å²) in [6.07, 6.45) is 7.01. The molecule has 1 heterocycles. The van der Waals surface area contributed by atoms with Crippen molar-refractivity contribution in [1.82, 2.24) is 0 Å². The molecule has 0 saturated carbocycles. The van der Waals surface area contributed by atoms with Crippen molar-refractivity contribution < 1.29 is 4.68 Å². The molecule has 0 saturated heterocycles. The van der Waals surface area contributed by atoms with Crippen LogP contribution in [-0.2, 0) is 0 Å². The van der Waals surface area contributed by atoms with E-state index < -0.39 is 0 Å². The highest BCUT2D eigenvalue weighted by Crippen LogP contribution is 2.10. The topological polar surface area (TPSA) is 15.4 Å². The number of nitrogens with zero attached hydrogens (tertiary/aromatic N) is 2. The molecule has 1 aliphatic heterocycles. The van der Waals surface area contributed by atoms with Crippen LogP contribution in [0.1, 0.15) is 20.3 Å². The maximum Gasteiger partial charge on any atom is 0.202 e. The first kappa shape index (κ1) is 8.18. The first-order valence-corrected chi connectivity index (χ1v) is 4.00. The van der Waals surface area contributed by atoms with E-state index in [2.05, 4.69) is 31.7 Å². The molecule has 0 aromatic heterocycles. The van der Waals surface area contributed by atoms with E-state index in [4.69, 9.17) is 0 Å². The quantitative estimate of drug-likeness (QED) is 0.533. The average Bonchev–Trinajstić information content (AvgIpc) is 1.93. The Kier molecular flexibility index (Phi) is 2.58. The van der Waals surface area contributed by atoms with Gasteiger partial charge in [-0.25, -0.2) is 0 Å². The van der Waals surface area contributed by atoms with Crippen molar-refractivity contribution in [2.75, 3.05) is 0 Å². The molecule has 2 nitrogen and oxygen atoms in total. The van der Waals surface area contributed by atoms with Gasteiger partial charge in [-0.3, -0.25) is 0 Å². The summed E-state index contributed by atoms with van der Waals surface area (Å²) in [6, 6.07) is 0.389. The Morgan fingerprint density at radius 1 is 1.64 bits per heavy atom. The van der Waals surface area contributed by atoms with Gasteiger partial charge in [0.15, 0.2) is 6.72 Å². The van der Waals surface area contributed by atoms with Crippen LogP contribution in [0.5, 0.6) is 0 Å². The summed E-state index contributed by atoms with van der Waals surface area (Å²) in [5.74, 6) is 0.696. The molecule has 60 valence electrons. The molecule has 0 fully saturated rings. The first-order chi connectivity index (χ1) is 5.20. The SMILES string of the molecule is C=[N+]1N=CC=CC1CC(C)C. The summed E-state index contributed by atoms with van der Waals surface area (Å²) in [5.41, 5.74) is 0. The highest BCUT2D eigenvalue weighted by molar-refractivity contribution is 5.71. The van der Waals surface area contributed by atoms with Crippen molar-refractivity contribution in [2.45, 2.75) is 26.3 Å². The summed E-state index contributed by atoms with van der Waals surface area (Å²) >= 11 is 0. The van der Waals surface area contributed by atoms with E-state index in [9.17, 15) is 0 Å². The number of hydrogen-bond donors (Lipinski definition) is 0. The van der Waals surface area contributed by atoms with E-state index in [1.807, 2.05) is 6.08 Å². The van der Waals surface area contributed by atoms with Gasteiger partial charge >= 0.3 is 0 Å². The van der Waals surface area contributed by atoms with Crippen LogP contribution in [0.3, 0.4) is 0 Å². The standard InChI is InChI=1S/C9H15N2/c1-8(2)7-9-5-4-6-10-11(9)3/h4-6,8-9H,3,7H2,1-2H3/q+1. The van der Waals surface area contributed by atoms with Gasteiger partial charge in [0.1, 0.15) is 0 Å². The fraction of sp³-hybridized carbons (Fsp3) is 0.556. The Balaban J connectivity index is 2.52. The van der Waals surface area contributed by atoms with Gasteiger partial charge in [-0.2, -0.15) is 0 Å². The van der Waals surface area contributed by atoms with Crippen molar-refractivity contribution in [2.24, 2.45) is 11.0 Å². The van der Waals surface area contributed by atoms with Gasteiger partial charge < -0.3 is 0 Å². The summed E-state index contributed by atoms with van der Waals surface area (Å²) < 4.78 is 1.76. The van der Waals surface area contributed by atoms with E-state index in [1.165, 1.54) is 0 Å². The number of rotatable bonds is 2. The zero-order valence-corrected chi connectivity index (χ0v) is 7.20. The minimum absolute atomic E-state index is 0.389. The molecule has 0 radical (unpaired) electrons. The normalized spacial score (nSPS) is 23.2. The molecule has 0 bridgehead atoms. The molecule has 11 heavy (non-hydrogen) atoms. The number of hydrazone groups is 1. The second kappa shape index (κ2) is 3.46. The lowest BCUT2D eigenvalue weighted by atomic mass is 10.0. The lowest BCUT2D eigenvalue weighted by Crippen LogP contribution is -2.22. The van der Waals surface area contributed by atoms with Crippen LogP contribution < -0.4 is 0 Å². The first-order valence-electron chi connectivity index (χ1n) is 4.00. The molecule has 1 rings (SSSR count). The summed E-state index contributed by atoms with van der Waals surface area (Å²) in [6.45, 7) is 8.23. The molecule has 0 N–H and O–H groups in total. The van der Waals surface area contributed by atoms with E-state index in [0.29, 0.717) is 12.0 Å². The predicted octanol–water partition coefficient (Wildman–Crippen LogP) is 1.67. The maximum atomic E-state index is 4.07. The third kappa shape index (κ3) is 2.30. The predicted molar refractivity (Wildman–Crippen MR) is 48.3 cm³/mol. The molecule has 0 aromatic rings. The summed E-state index contributed by atoms with van der Waals surface area (Å²) in [4.78, 5) is 0. The fourth-order valence-electron chi connectivity index (χ4n) is 1.17. The molecular formula is C9H15N2+. The lowest BCUT2D eigenvalue weighted by molar-refractivity contribution is -0.554. The summed E-state index contributed by atoms with van der Waals surface area (Å²) in [5, 5.41) is 4.07. The van der Waals surface area contributed by atoms with Crippen LogP contribution in [-0.4, -0.2) is 23.7 Å². The molecule has 2 heteroatoms. The highest BCUT2D eigenvalue weighted by Gasteiger charge is 2.18. The van der Waals surface area contributed by atoms with Gasteiger partial charge in [-0.05, 0) is 23.2 Å². The van der Waals surface area contributed by atoms with E-state index in [1.54, 1.807) is 10.9 Å². The third-order valence-corrected chi connectivity index (χ3v) is 1.73. The van der Waals surface area contributed by atoms with Crippen molar-refractivity contribution >= 4 is 12.9 Å². The fourth-order valence-corrected chi connectivity index (χ4v) is 1.17. The van der Waals surface area contributed by atoms with Crippen molar-refractivity contribution in [1.29, 1.82) is 0 Å². The Bertz CT molecular complexity index is 202. The van der Waals surface area contributed by atoms with Gasteiger partial charge in [0.2, 0.25) is 6.04 Å². The monoisotopic (exact) mass is 151 g/mol. The van der Waals surface area contributed by atoms with Crippen LogP contribution >= 0.6 is 0 Å². The minimum Gasteiger partial charge on any atom is -0.0918 e. The Hall–Kier alpha value is -0.920. The Labute approximate surface area is 67.9 Å². The molecule has 1 atom stereocenters. The highest BCUT2D eigenvalue weighted by atomic mass is 15.4. The zero-order chi connectivity index (χ0) is 8.27. The molecule has 1 aliphatic rings. The smallest absolute Gasteiger partial charge is 0.0918 e. The Morgan fingerprint density at radius 3 is 2.91 bits per heavy atom. The largest absolute Gasteiger partial charge is 0.202 e. The van der Waals surface area contributed by atoms with Crippen molar-refractivity contribution in [3.63, 3.8) is 0 Å². The van der Waals surface area contributed by atoms with E-state index in [-0.39, 0.29) is 0 Å². The number of hydrogen-bond acceptors (Lipinski definition) is 1. The van der Waals surface area contributed by atoms with Crippen LogP contribution in [0, 0.1) is 5.92 Å². The van der Waals surface area contributed by atoms with Gasteiger partial charge in [0, 0.05) is 6.42 Å². The van der Waals surface area contributed by atoms with Crippen LogP contribution in [0.25, 0.3) is 0 Å². The third-order valence-electron chi connectivity index (χ3n) is 1.73. The molecule has 0 aromatic carbocycles. The molecule has 0 amide bonds. The Morgan fingerprint density at radius 2 is 2.36 bits per heavy atom. The van der Waals surface area contributed by atoms with Gasteiger partial charge in [-0.15, -0.1) is 0 Å². The second-order valence-corrected chi connectivity index (χ2v) is 3.29. The van der Waals surface area contributed by atoms with Crippen molar-refractivity contribution in [3.05, 3.63) is 12.2 Å². The maximum absolute atomic E-state index is 4.07. The van der Waals surface area contributed by atoms with Gasteiger partial charge in [0.05, 0.1) is 6.21 Å². The van der Waals surface area contributed by atoms with Crippen molar-refractivity contribution in [3.8, 4) is 0 Å². The average molecular weight is 151 g/mol. The molecule has 0 aliphatic carbocycles. The van der Waals surface area contributed by atoms with Crippen LogP contribution in [0.4, 0.5) is 0 Å². The lowest BCUT2D eigenvalue weighted by Gasteiger charge is -2.10. The molecule has 1 unspecified atom stereocenters. The van der Waals surface area contributed by atoms with E-state index in [0.717, 1.165) is 6.42 Å². The summed E-state index contributed by atoms with van der Waals surface area (Å²) in [7, 11) is 0. The van der Waals surface area contributed by atoms with Crippen LogP contribution in [0.2, 0.25) is 0 Å². The van der Waals surface area contributed by atoms with Gasteiger partial charge in [0.25, 0.3) is 0 Å².